The molecule has 1 aliphatic heterocycles. The monoisotopic (exact) mass is 371 g/mol. The summed E-state index contributed by atoms with van der Waals surface area (Å²) in [6, 6.07) is 0. The fraction of sp³-hybridized carbons (Fsp3) is 0.833. The zero-order chi connectivity index (χ0) is 18.6. The Morgan fingerprint density at radius 2 is 1.88 bits per heavy atom. The molecule has 6 unspecified atom stereocenters. The molecule has 3 saturated carbocycles. The topological polar surface area (TPSA) is 92.7 Å². The SMILES string of the molecule is O=C(OC(C1CCCCC1)C(F)(F)C(=O)[O-])C1C2CC3OC(=O)C1C3C2. The van der Waals surface area contributed by atoms with Gasteiger partial charge in [-0.25, -0.2) is 0 Å². The van der Waals surface area contributed by atoms with Crippen LogP contribution in [0.25, 0.3) is 0 Å². The van der Waals surface area contributed by atoms with Gasteiger partial charge in [-0.2, -0.15) is 8.78 Å². The van der Waals surface area contributed by atoms with E-state index in [1.807, 2.05) is 0 Å². The number of hydrogen-bond donors (Lipinski definition) is 0. The van der Waals surface area contributed by atoms with Crippen LogP contribution in [0.3, 0.4) is 0 Å². The molecule has 6 nitrogen and oxygen atoms in total. The largest absolute Gasteiger partial charge is 0.544 e. The van der Waals surface area contributed by atoms with E-state index in [0.29, 0.717) is 38.5 Å². The van der Waals surface area contributed by atoms with Crippen LogP contribution in [0.4, 0.5) is 8.78 Å². The number of aliphatic carboxylic acids is 1. The van der Waals surface area contributed by atoms with Crippen molar-refractivity contribution in [2.45, 2.75) is 63.1 Å². The van der Waals surface area contributed by atoms with E-state index in [-0.39, 0.29) is 17.9 Å². The van der Waals surface area contributed by atoms with E-state index in [2.05, 4.69) is 0 Å². The third-order valence-electron chi connectivity index (χ3n) is 6.71. The van der Waals surface area contributed by atoms with Crippen molar-refractivity contribution in [3.8, 4) is 0 Å². The van der Waals surface area contributed by atoms with Gasteiger partial charge < -0.3 is 19.4 Å². The second kappa shape index (κ2) is 6.16. The van der Waals surface area contributed by atoms with Gasteiger partial charge >= 0.3 is 17.9 Å². The Morgan fingerprint density at radius 3 is 2.54 bits per heavy atom. The van der Waals surface area contributed by atoms with E-state index in [4.69, 9.17) is 9.47 Å². The Morgan fingerprint density at radius 1 is 1.19 bits per heavy atom. The number of carboxylic acid groups (broad SMARTS) is 1. The first kappa shape index (κ1) is 17.7. The highest BCUT2D eigenvalue weighted by Crippen LogP contribution is 2.58. The van der Waals surface area contributed by atoms with Crippen molar-refractivity contribution in [2.75, 3.05) is 0 Å². The molecule has 0 spiro atoms. The molecule has 0 aromatic rings. The van der Waals surface area contributed by atoms with Crippen molar-refractivity contribution in [1.82, 2.24) is 0 Å². The van der Waals surface area contributed by atoms with Crippen molar-refractivity contribution in [1.29, 1.82) is 0 Å². The number of carbonyl (C=O) groups is 3. The van der Waals surface area contributed by atoms with E-state index < -0.39 is 47.7 Å². The van der Waals surface area contributed by atoms with Gasteiger partial charge in [-0.3, -0.25) is 9.59 Å². The van der Waals surface area contributed by atoms with Gasteiger partial charge in [-0.15, -0.1) is 0 Å². The first-order chi connectivity index (χ1) is 12.3. The van der Waals surface area contributed by atoms with Gasteiger partial charge in [-0.05, 0) is 31.6 Å². The van der Waals surface area contributed by atoms with Gasteiger partial charge in [0.15, 0.2) is 6.10 Å². The van der Waals surface area contributed by atoms with E-state index in [9.17, 15) is 28.3 Å². The molecule has 6 atom stereocenters. The number of carbonyl (C=O) groups excluding carboxylic acids is 3. The number of halogens is 2. The smallest absolute Gasteiger partial charge is 0.323 e. The molecule has 0 aromatic carbocycles. The Labute approximate surface area is 149 Å². The van der Waals surface area contributed by atoms with E-state index in [1.54, 1.807) is 0 Å². The van der Waals surface area contributed by atoms with Crippen molar-refractivity contribution < 1.29 is 37.7 Å². The second-order valence-corrected chi connectivity index (χ2v) is 8.09. The normalized spacial score (nSPS) is 37.5. The fourth-order valence-electron chi connectivity index (χ4n) is 5.55. The third kappa shape index (κ3) is 2.60. The number of carboxylic acids is 1. The summed E-state index contributed by atoms with van der Waals surface area (Å²) in [6.45, 7) is 0. The van der Waals surface area contributed by atoms with Gasteiger partial charge in [0, 0.05) is 11.8 Å². The van der Waals surface area contributed by atoms with Crippen molar-refractivity contribution in [3.63, 3.8) is 0 Å². The summed E-state index contributed by atoms with van der Waals surface area (Å²) >= 11 is 0. The summed E-state index contributed by atoms with van der Waals surface area (Å²) in [4.78, 5) is 35.7. The van der Waals surface area contributed by atoms with Crippen LogP contribution in [0.1, 0.15) is 44.9 Å². The Kier molecular flexibility index (Phi) is 4.19. The van der Waals surface area contributed by atoms with Gasteiger partial charge in [0.25, 0.3) is 0 Å². The molecule has 26 heavy (non-hydrogen) atoms. The lowest BCUT2D eigenvalue weighted by atomic mass is 9.79. The van der Waals surface area contributed by atoms with Gasteiger partial charge in [0.1, 0.15) is 12.1 Å². The Balaban J connectivity index is 1.54. The first-order valence-corrected chi connectivity index (χ1v) is 9.31. The minimum atomic E-state index is -4.26. The van der Waals surface area contributed by atoms with Crippen LogP contribution in [0.15, 0.2) is 0 Å². The highest BCUT2D eigenvalue weighted by Gasteiger charge is 2.65. The molecule has 2 bridgehead atoms. The fourth-order valence-corrected chi connectivity index (χ4v) is 5.55. The highest BCUT2D eigenvalue weighted by atomic mass is 19.3. The van der Waals surface area contributed by atoms with E-state index in [0.717, 1.165) is 6.42 Å². The molecule has 4 rings (SSSR count). The molecular formula is C18H21F2O6-. The molecule has 0 aromatic heterocycles. The second-order valence-electron chi connectivity index (χ2n) is 8.09. The maximum Gasteiger partial charge on any atom is 0.323 e. The van der Waals surface area contributed by atoms with Gasteiger partial charge in [-0.1, -0.05) is 19.3 Å². The summed E-state index contributed by atoms with van der Waals surface area (Å²) in [5.41, 5.74) is 0. The molecule has 4 fully saturated rings. The number of esters is 2. The Hall–Kier alpha value is -1.73. The van der Waals surface area contributed by atoms with Crippen LogP contribution in [0.2, 0.25) is 0 Å². The average molecular weight is 371 g/mol. The van der Waals surface area contributed by atoms with Crippen molar-refractivity contribution in [3.05, 3.63) is 0 Å². The number of rotatable bonds is 5. The average Bonchev–Trinajstić information content (AvgIpc) is 3.22. The third-order valence-corrected chi connectivity index (χ3v) is 6.71. The predicted octanol–water partition coefficient (Wildman–Crippen LogP) is 1.06. The number of hydrogen-bond acceptors (Lipinski definition) is 6. The summed E-state index contributed by atoms with van der Waals surface area (Å²) in [6.07, 6.45) is 1.97. The van der Waals surface area contributed by atoms with Crippen molar-refractivity contribution in [2.24, 2.45) is 29.6 Å². The molecule has 1 heterocycles. The molecule has 3 aliphatic carbocycles. The minimum Gasteiger partial charge on any atom is -0.544 e. The van der Waals surface area contributed by atoms with E-state index >= 15 is 0 Å². The molecule has 4 aliphatic rings. The van der Waals surface area contributed by atoms with Crippen molar-refractivity contribution >= 4 is 17.9 Å². The lowest BCUT2D eigenvalue weighted by Gasteiger charge is -2.36. The highest BCUT2D eigenvalue weighted by molar-refractivity contribution is 5.86. The van der Waals surface area contributed by atoms with Crippen LogP contribution in [0, 0.1) is 29.6 Å². The summed E-state index contributed by atoms with van der Waals surface area (Å²) in [5.74, 6) is -10.5. The maximum absolute atomic E-state index is 14.3. The van der Waals surface area contributed by atoms with Crippen LogP contribution in [0.5, 0.6) is 0 Å². The zero-order valence-corrected chi connectivity index (χ0v) is 14.2. The van der Waals surface area contributed by atoms with Crippen LogP contribution >= 0.6 is 0 Å². The summed E-state index contributed by atoms with van der Waals surface area (Å²) in [7, 11) is 0. The van der Waals surface area contributed by atoms with Crippen LogP contribution in [-0.2, 0) is 23.9 Å². The maximum atomic E-state index is 14.3. The molecule has 0 N–H and O–H groups in total. The van der Waals surface area contributed by atoms with Crippen LogP contribution < -0.4 is 5.11 Å². The van der Waals surface area contributed by atoms with Crippen LogP contribution in [-0.4, -0.2) is 36.0 Å². The molecular weight excluding hydrogens is 350 g/mol. The minimum absolute atomic E-state index is 0.0557. The quantitative estimate of drug-likeness (QED) is 0.671. The lowest BCUT2D eigenvalue weighted by molar-refractivity contribution is -0.338. The summed E-state index contributed by atoms with van der Waals surface area (Å²) in [5, 5.41) is 11.0. The van der Waals surface area contributed by atoms with E-state index in [1.165, 1.54) is 0 Å². The lowest BCUT2D eigenvalue weighted by Crippen LogP contribution is -2.55. The number of alkyl halides is 2. The molecule has 8 heteroatoms. The Bertz CT molecular complexity index is 627. The number of ether oxygens (including phenoxy) is 2. The number of fused-ring (bicyclic) bond motifs is 1. The predicted molar refractivity (Wildman–Crippen MR) is 79.5 cm³/mol. The standard InChI is InChI=1S/C18H22F2O6/c19-18(20,17(23)24)14(8-4-2-1-3-5-8)26-15(21)12-9-6-10-11(7-9)25-16(22)13(10)12/h8-14H,1-7H2,(H,23,24)/p-1. The van der Waals surface area contributed by atoms with Gasteiger partial charge in [0.2, 0.25) is 0 Å². The van der Waals surface area contributed by atoms with Gasteiger partial charge in [0.05, 0.1) is 11.8 Å². The first-order valence-electron chi connectivity index (χ1n) is 9.31. The molecule has 0 radical (unpaired) electrons. The molecule has 1 saturated heterocycles. The zero-order valence-electron chi connectivity index (χ0n) is 14.2. The molecule has 0 amide bonds. The summed E-state index contributed by atoms with van der Waals surface area (Å²) < 4.78 is 38.9. The molecule has 144 valence electrons.